The molecule has 4 rings (SSSR count). The minimum atomic E-state index is -0.0795. The molecule has 0 spiro atoms. The first kappa shape index (κ1) is 17.5. The van der Waals surface area contributed by atoms with Gasteiger partial charge >= 0.3 is 0 Å². The zero-order chi connectivity index (χ0) is 19.0. The van der Waals surface area contributed by atoms with E-state index in [1.54, 1.807) is 12.4 Å². The Morgan fingerprint density at radius 3 is 2.78 bits per heavy atom. The van der Waals surface area contributed by atoms with Crippen LogP contribution in [0.1, 0.15) is 33.6 Å². The van der Waals surface area contributed by atoms with Gasteiger partial charge in [-0.1, -0.05) is 6.07 Å². The van der Waals surface area contributed by atoms with Crippen LogP contribution in [0.3, 0.4) is 0 Å². The van der Waals surface area contributed by atoms with Gasteiger partial charge in [0.15, 0.2) is 0 Å². The Balaban J connectivity index is 1.71. The molecule has 7 heteroatoms. The van der Waals surface area contributed by atoms with Crippen LogP contribution in [0.2, 0.25) is 0 Å². The Bertz CT molecular complexity index is 958. The second-order valence-corrected chi connectivity index (χ2v) is 6.92. The van der Waals surface area contributed by atoms with Crippen molar-refractivity contribution in [3.8, 4) is 5.82 Å². The molecule has 0 radical (unpaired) electrons. The van der Waals surface area contributed by atoms with E-state index >= 15 is 0 Å². The first-order valence-electron chi connectivity index (χ1n) is 9.17. The van der Waals surface area contributed by atoms with Gasteiger partial charge in [0.25, 0.3) is 5.91 Å². The van der Waals surface area contributed by atoms with Crippen LogP contribution in [0, 0.1) is 13.8 Å². The van der Waals surface area contributed by atoms with Crippen molar-refractivity contribution in [1.29, 1.82) is 0 Å². The molecule has 1 fully saturated rings. The molecule has 27 heavy (non-hydrogen) atoms. The van der Waals surface area contributed by atoms with Gasteiger partial charge in [-0.25, -0.2) is 9.97 Å². The van der Waals surface area contributed by atoms with E-state index in [1.165, 1.54) is 0 Å². The molecular weight excluding hydrogens is 340 g/mol. The average molecular weight is 364 g/mol. The Kier molecular flexibility index (Phi) is 4.53. The molecule has 0 saturated carbocycles. The molecular formula is C20H24N6O. The third-order valence-electron chi connectivity index (χ3n) is 5.20. The summed E-state index contributed by atoms with van der Waals surface area (Å²) in [5.41, 5.74) is 2.63. The van der Waals surface area contributed by atoms with E-state index in [4.69, 9.17) is 0 Å². The van der Waals surface area contributed by atoms with Crippen LogP contribution in [0.25, 0.3) is 5.82 Å². The summed E-state index contributed by atoms with van der Waals surface area (Å²) in [5.74, 6) is 1.77. The highest BCUT2D eigenvalue weighted by Crippen LogP contribution is 2.26. The van der Waals surface area contributed by atoms with Crippen LogP contribution in [-0.4, -0.2) is 49.5 Å². The van der Waals surface area contributed by atoms with Gasteiger partial charge in [-0.05, 0) is 32.0 Å². The van der Waals surface area contributed by atoms with Crippen LogP contribution >= 0.6 is 0 Å². The van der Waals surface area contributed by atoms with E-state index in [0.717, 1.165) is 35.1 Å². The molecule has 1 N–H and O–H groups in total. The molecule has 3 aromatic heterocycles. The highest BCUT2D eigenvalue weighted by atomic mass is 16.2. The van der Waals surface area contributed by atoms with E-state index in [-0.39, 0.29) is 11.9 Å². The van der Waals surface area contributed by atoms with Crippen LogP contribution < -0.4 is 5.32 Å². The number of hydrogen-bond donors (Lipinski definition) is 1. The quantitative estimate of drug-likeness (QED) is 0.772. The maximum absolute atomic E-state index is 13.5. The summed E-state index contributed by atoms with van der Waals surface area (Å²) in [4.78, 5) is 24.3. The van der Waals surface area contributed by atoms with E-state index < -0.39 is 0 Å². The van der Waals surface area contributed by atoms with Gasteiger partial charge in [-0.15, -0.1) is 0 Å². The second-order valence-electron chi connectivity index (χ2n) is 6.92. The SMILES string of the molecule is Cc1cc(C(=O)N2CCNCC2c2nccn2C)c(C)n1-c1ccccn1. The number of carbonyl (C=O) groups excluding carboxylic acids is 1. The first-order valence-corrected chi connectivity index (χ1v) is 9.17. The lowest BCUT2D eigenvalue weighted by molar-refractivity contribution is 0.0620. The second kappa shape index (κ2) is 7.00. The Morgan fingerprint density at radius 1 is 1.22 bits per heavy atom. The lowest BCUT2D eigenvalue weighted by atomic mass is 10.1. The van der Waals surface area contributed by atoms with Gasteiger partial charge < -0.3 is 19.4 Å². The first-order chi connectivity index (χ1) is 13.1. The number of pyridine rings is 1. The third-order valence-corrected chi connectivity index (χ3v) is 5.20. The number of rotatable bonds is 3. The fraction of sp³-hybridized carbons (Fsp3) is 0.350. The summed E-state index contributed by atoms with van der Waals surface area (Å²) in [7, 11) is 1.96. The van der Waals surface area contributed by atoms with Gasteiger partial charge in [0.05, 0.1) is 5.56 Å². The van der Waals surface area contributed by atoms with Crippen LogP contribution in [0.4, 0.5) is 0 Å². The molecule has 0 aliphatic carbocycles. The predicted octanol–water partition coefficient (Wildman–Crippen LogP) is 2.01. The Hall–Kier alpha value is -2.93. The standard InChI is InChI=1S/C20H24N6O/c1-14-12-16(15(2)26(14)18-6-4-5-7-22-18)20(27)25-11-8-21-13-17(25)19-23-9-10-24(19)3/h4-7,9-10,12,17,21H,8,11,13H2,1-3H3. The molecule has 3 aromatic rings. The van der Waals surface area contributed by atoms with Gasteiger partial charge in [0.1, 0.15) is 17.7 Å². The van der Waals surface area contributed by atoms with Gasteiger partial charge in [-0.2, -0.15) is 0 Å². The number of aromatic nitrogens is 4. The number of imidazole rings is 1. The number of nitrogens with zero attached hydrogens (tertiary/aromatic N) is 5. The average Bonchev–Trinajstić information content (AvgIpc) is 3.24. The molecule has 0 aromatic carbocycles. The number of carbonyl (C=O) groups is 1. The zero-order valence-corrected chi connectivity index (χ0v) is 15.9. The van der Waals surface area contributed by atoms with Crippen LogP contribution in [-0.2, 0) is 7.05 Å². The summed E-state index contributed by atoms with van der Waals surface area (Å²) in [6, 6.07) is 7.68. The van der Waals surface area contributed by atoms with Crippen molar-refractivity contribution < 1.29 is 4.79 Å². The Morgan fingerprint density at radius 2 is 2.07 bits per heavy atom. The number of piperazine rings is 1. The topological polar surface area (TPSA) is 68.0 Å². The van der Waals surface area contributed by atoms with Crippen molar-refractivity contribution in [1.82, 2.24) is 29.3 Å². The third kappa shape index (κ3) is 3.04. The number of amides is 1. The summed E-state index contributed by atoms with van der Waals surface area (Å²) in [6.45, 7) is 6.13. The number of hydrogen-bond acceptors (Lipinski definition) is 4. The molecule has 0 bridgehead atoms. The molecule has 1 unspecified atom stereocenters. The minimum Gasteiger partial charge on any atom is -0.336 e. The molecule has 1 aliphatic heterocycles. The highest BCUT2D eigenvalue weighted by molar-refractivity contribution is 5.96. The monoisotopic (exact) mass is 364 g/mol. The lowest BCUT2D eigenvalue weighted by Gasteiger charge is -2.35. The predicted molar refractivity (Wildman–Crippen MR) is 103 cm³/mol. The molecule has 7 nitrogen and oxygen atoms in total. The largest absolute Gasteiger partial charge is 0.336 e. The van der Waals surface area contributed by atoms with E-state index in [2.05, 4.69) is 15.3 Å². The van der Waals surface area contributed by atoms with Crippen molar-refractivity contribution in [2.75, 3.05) is 19.6 Å². The van der Waals surface area contributed by atoms with Gasteiger partial charge in [0.2, 0.25) is 0 Å². The molecule has 4 heterocycles. The van der Waals surface area contributed by atoms with Crippen LogP contribution in [0.5, 0.6) is 0 Å². The van der Waals surface area contributed by atoms with Crippen molar-refractivity contribution in [2.24, 2.45) is 7.05 Å². The highest BCUT2D eigenvalue weighted by Gasteiger charge is 2.32. The van der Waals surface area contributed by atoms with E-state index in [1.807, 2.05) is 65.4 Å². The van der Waals surface area contributed by atoms with Gasteiger partial charge in [-0.3, -0.25) is 4.79 Å². The maximum atomic E-state index is 13.5. The summed E-state index contributed by atoms with van der Waals surface area (Å²) >= 11 is 0. The van der Waals surface area contributed by atoms with Gasteiger partial charge in [0, 0.05) is 56.7 Å². The lowest BCUT2D eigenvalue weighted by Crippen LogP contribution is -2.49. The van der Waals surface area contributed by atoms with Crippen molar-refractivity contribution in [2.45, 2.75) is 19.9 Å². The maximum Gasteiger partial charge on any atom is 0.256 e. The van der Waals surface area contributed by atoms with Crippen molar-refractivity contribution >= 4 is 5.91 Å². The number of aryl methyl sites for hydroxylation is 2. The minimum absolute atomic E-state index is 0.0415. The fourth-order valence-electron chi connectivity index (χ4n) is 3.85. The fourth-order valence-corrected chi connectivity index (χ4v) is 3.85. The molecule has 1 aliphatic rings. The van der Waals surface area contributed by atoms with Crippen molar-refractivity contribution in [3.05, 3.63) is 65.6 Å². The molecule has 1 amide bonds. The molecule has 140 valence electrons. The Labute approximate surface area is 158 Å². The van der Waals surface area contributed by atoms with Crippen LogP contribution in [0.15, 0.2) is 42.9 Å². The zero-order valence-electron chi connectivity index (χ0n) is 15.9. The van der Waals surface area contributed by atoms with E-state index in [0.29, 0.717) is 13.1 Å². The van der Waals surface area contributed by atoms with Crippen molar-refractivity contribution in [3.63, 3.8) is 0 Å². The summed E-state index contributed by atoms with van der Waals surface area (Å²) in [6.07, 6.45) is 5.46. The smallest absolute Gasteiger partial charge is 0.256 e. The summed E-state index contributed by atoms with van der Waals surface area (Å²) < 4.78 is 4.01. The summed E-state index contributed by atoms with van der Waals surface area (Å²) in [5, 5.41) is 3.38. The molecule has 1 saturated heterocycles. The number of nitrogens with one attached hydrogen (secondary N) is 1. The molecule has 1 atom stereocenters. The normalized spacial score (nSPS) is 17.3. The van der Waals surface area contributed by atoms with E-state index in [9.17, 15) is 4.79 Å².